The molecule has 0 unspecified atom stereocenters. The molecule has 112 valence electrons. The van der Waals surface area contributed by atoms with Crippen LogP contribution in [0.15, 0.2) is 24.3 Å². The predicted molar refractivity (Wildman–Crippen MR) is 84.4 cm³/mol. The Hall–Kier alpha value is -1.06. The second kappa shape index (κ2) is 7.09. The van der Waals surface area contributed by atoms with Gasteiger partial charge < -0.3 is 10.1 Å². The van der Waals surface area contributed by atoms with Gasteiger partial charge in [-0.2, -0.15) is 0 Å². The van der Waals surface area contributed by atoms with E-state index < -0.39 is 0 Å². The lowest BCUT2D eigenvalue weighted by molar-refractivity contribution is 0.0873. The van der Waals surface area contributed by atoms with Crippen molar-refractivity contribution in [2.45, 2.75) is 39.2 Å². The van der Waals surface area contributed by atoms with E-state index in [9.17, 15) is 0 Å². The smallest absolute Gasteiger partial charge is 0.122 e. The first-order valence-electron chi connectivity index (χ1n) is 7.74. The predicted octanol–water partition coefficient (Wildman–Crippen LogP) is 2.84. The van der Waals surface area contributed by atoms with Crippen LogP contribution in [0.1, 0.15) is 32.3 Å². The van der Waals surface area contributed by atoms with Gasteiger partial charge in [0.25, 0.3) is 0 Å². The molecular weight excluding hydrogens is 248 g/mol. The van der Waals surface area contributed by atoms with Gasteiger partial charge in [0.1, 0.15) is 5.75 Å². The monoisotopic (exact) mass is 276 g/mol. The quantitative estimate of drug-likeness (QED) is 0.809. The fourth-order valence-electron chi connectivity index (χ4n) is 2.74. The van der Waals surface area contributed by atoms with Gasteiger partial charge in [-0.3, -0.25) is 4.90 Å². The third kappa shape index (κ3) is 4.22. The van der Waals surface area contributed by atoms with Gasteiger partial charge in [-0.05, 0) is 51.8 Å². The number of aryl methyl sites for hydroxylation is 1. The molecule has 1 heterocycles. The highest BCUT2D eigenvalue weighted by Crippen LogP contribution is 2.18. The molecule has 1 aliphatic heterocycles. The van der Waals surface area contributed by atoms with E-state index in [0.717, 1.165) is 38.4 Å². The van der Waals surface area contributed by atoms with Crippen LogP contribution in [0.3, 0.4) is 0 Å². The maximum atomic E-state index is 5.85. The van der Waals surface area contributed by atoms with Crippen molar-refractivity contribution in [3.05, 3.63) is 29.8 Å². The van der Waals surface area contributed by atoms with Crippen LogP contribution in [-0.2, 0) is 0 Å². The Balaban J connectivity index is 1.65. The number of nitrogens with one attached hydrogen (secondary N) is 1. The van der Waals surface area contributed by atoms with Crippen LogP contribution >= 0.6 is 0 Å². The molecule has 1 aliphatic rings. The molecule has 20 heavy (non-hydrogen) atoms. The normalized spacial score (nSPS) is 18.9. The van der Waals surface area contributed by atoms with E-state index in [4.69, 9.17) is 4.74 Å². The number of benzene rings is 1. The van der Waals surface area contributed by atoms with E-state index in [1.54, 1.807) is 0 Å². The van der Waals surface area contributed by atoms with Crippen LogP contribution < -0.4 is 10.1 Å². The highest BCUT2D eigenvalue weighted by Gasteiger charge is 2.28. The van der Waals surface area contributed by atoms with Crippen LogP contribution in [0.4, 0.5) is 0 Å². The maximum Gasteiger partial charge on any atom is 0.122 e. The summed E-state index contributed by atoms with van der Waals surface area (Å²) >= 11 is 0. The second-order valence-electron chi connectivity index (χ2n) is 6.30. The van der Waals surface area contributed by atoms with E-state index in [2.05, 4.69) is 49.2 Å². The third-order valence-corrected chi connectivity index (χ3v) is 4.15. The fourth-order valence-corrected chi connectivity index (χ4v) is 2.74. The molecule has 1 aromatic rings. The third-order valence-electron chi connectivity index (χ3n) is 4.15. The Labute approximate surface area is 123 Å². The van der Waals surface area contributed by atoms with E-state index in [1.807, 2.05) is 6.07 Å². The first-order chi connectivity index (χ1) is 9.59. The summed E-state index contributed by atoms with van der Waals surface area (Å²) in [6.45, 7) is 12.1. The molecule has 3 heteroatoms. The standard InChI is InChI=1S/C17H28N2O/c1-15-8-4-5-9-16(15)20-13-7-6-11-19-12-10-18-14-17(19,2)3/h4-5,8-9,18H,6-7,10-14H2,1-3H3. The Bertz CT molecular complexity index is 417. The van der Waals surface area contributed by atoms with Crippen molar-refractivity contribution in [2.75, 3.05) is 32.8 Å². The van der Waals surface area contributed by atoms with Gasteiger partial charge >= 0.3 is 0 Å². The zero-order chi connectivity index (χ0) is 14.4. The molecule has 0 radical (unpaired) electrons. The molecule has 0 saturated carbocycles. The van der Waals surface area contributed by atoms with Gasteiger partial charge in [0, 0.05) is 25.2 Å². The van der Waals surface area contributed by atoms with E-state index in [0.29, 0.717) is 0 Å². The number of hydrogen-bond acceptors (Lipinski definition) is 3. The van der Waals surface area contributed by atoms with Crippen LogP contribution in [0.2, 0.25) is 0 Å². The van der Waals surface area contributed by atoms with Crippen molar-refractivity contribution in [1.82, 2.24) is 10.2 Å². The van der Waals surface area contributed by atoms with Crippen LogP contribution in [0.5, 0.6) is 5.75 Å². The lowest BCUT2D eigenvalue weighted by atomic mass is 10.00. The summed E-state index contributed by atoms with van der Waals surface area (Å²) in [5, 5.41) is 3.47. The Morgan fingerprint density at radius 2 is 2.05 bits per heavy atom. The van der Waals surface area contributed by atoms with Gasteiger partial charge in [0.2, 0.25) is 0 Å². The summed E-state index contributed by atoms with van der Waals surface area (Å²) in [5.41, 5.74) is 1.51. The summed E-state index contributed by atoms with van der Waals surface area (Å²) in [5.74, 6) is 1.02. The largest absolute Gasteiger partial charge is 0.493 e. The minimum absolute atomic E-state index is 0.287. The average molecular weight is 276 g/mol. The Morgan fingerprint density at radius 1 is 1.25 bits per heavy atom. The molecule has 0 aliphatic carbocycles. The van der Waals surface area contributed by atoms with Crippen LogP contribution in [0, 0.1) is 6.92 Å². The number of hydrogen-bond donors (Lipinski definition) is 1. The first-order valence-corrected chi connectivity index (χ1v) is 7.74. The summed E-state index contributed by atoms with van der Waals surface area (Å²) in [4.78, 5) is 2.59. The summed E-state index contributed by atoms with van der Waals surface area (Å²) < 4.78 is 5.85. The van der Waals surface area contributed by atoms with Gasteiger partial charge in [-0.15, -0.1) is 0 Å². The molecule has 0 bridgehead atoms. The molecule has 0 spiro atoms. The van der Waals surface area contributed by atoms with Crippen LogP contribution in [-0.4, -0.2) is 43.2 Å². The van der Waals surface area contributed by atoms with Gasteiger partial charge in [-0.1, -0.05) is 18.2 Å². The second-order valence-corrected chi connectivity index (χ2v) is 6.30. The zero-order valence-electron chi connectivity index (χ0n) is 13.1. The summed E-state index contributed by atoms with van der Waals surface area (Å²) in [6, 6.07) is 8.23. The molecule has 1 N–H and O–H groups in total. The highest BCUT2D eigenvalue weighted by molar-refractivity contribution is 5.31. The van der Waals surface area contributed by atoms with Crippen molar-refractivity contribution in [1.29, 1.82) is 0 Å². The highest BCUT2D eigenvalue weighted by atomic mass is 16.5. The lowest BCUT2D eigenvalue weighted by Crippen LogP contribution is -2.57. The molecular formula is C17H28N2O. The topological polar surface area (TPSA) is 24.5 Å². The minimum Gasteiger partial charge on any atom is -0.493 e. The summed E-state index contributed by atoms with van der Waals surface area (Å²) in [7, 11) is 0. The number of ether oxygens (including phenoxy) is 1. The number of nitrogens with zero attached hydrogens (tertiary/aromatic N) is 1. The Kier molecular flexibility index (Phi) is 5.44. The van der Waals surface area contributed by atoms with Crippen LogP contribution in [0.25, 0.3) is 0 Å². The molecule has 2 rings (SSSR count). The minimum atomic E-state index is 0.287. The van der Waals surface area contributed by atoms with Gasteiger partial charge in [-0.25, -0.2) is 0 Å². The first kappa shape index (κ1) is 15.3. The number of rotatable bonds is 6. The van der Waals surface area contributed by atoms with Crippen molar-refractivity contribution in [2.24, 2.45) is 0 Å². The van der Waals surface area contributed by atoms with Gasteiger partial charge in [0.05, 0.1) is 6.61 Å². The average Bonchev–Trinajstić information content (AvgIpc) is 2.42. The number of para-hydroxylation sites is 1. The zero-order valence-corrected chi connectivity index (χ0v) is 13.1. The van der Waals surface area contributed by atoms with Crippen molar-refractivity contribution < 1.29 is 4.74 Å². The molecule has 0 aromatic heterocycles. The van der Waals surface area contributed by atoms with Crippen molar-refractivity contribution >= 4 is 0 Å². The molecule has 3 nitrogen and oxygen atoms in total. The summed E-state index contributed by atoms with van der Waals surface area (Å²) in [6.07, 6.45) is 2.32. The van der Waals surface area contributed by atoms with E-state index in [-0.39, 0.29) is 5.54 Å². The molecule has 1 aromatic carbocycles. The SMILES string of the molecule is Cc1ccccc1OCCCCN1CCNCC1(C)C. The molecule has 0 atom stereocenters. The maximum absolute atomic E-state index is 5.85. The van der Waals surface area contributed by atoms with Crippen molar-refractivity contribution in [3.63, 3.8) is 0 Å². The number of piperazine rings is 1. The van der Waals surface area contributed by atoms with Crippen molar-refractivity contribution in [3.8, 4) is 5.75 Å². The number of unbranched alkanes of at least 4 members (excludes halogenated alkanes) is 1. The molecule has 1 saturated heterocycles. The van der Waals surface area contributed by atoms with E-state index >= 15 is 0 Å². The van der Waals surface area contributed by atoms with Gasteiger partial charge in [0.15, 0.2) is 0 Å². The van der Waals surface area contributed by atoms with E-state index in [1.165, 1.54) is 18.5 Å². The Morgan fingerprint density at radius 3 is 2.80 bits per heavy atom. The molecule has 0 amide bonds. The fraction of sp³-hybridized carbons (Fsp3) is 0.647. The molecule has 1 fully saturated rings. The lowest BCUT2D eigenvalue weighted by Gasteiger charge is -2.42.